The third kappa shape index (κ3) is 6.91. The highest BCUT2D eigenvalue weighted by atomic mass is 16.6. The van der Waals surface area contributed by atoms with Crippen molar-refractivity contribution in [3.63, 3.8) is 0 Å². The summed E-state index contributed by atoms with van der Waals surface area (Å²) < 4.78 is 0. The van der Waals surface area contributed by atoms with Crippen molar-refractivity contribution in [2.24, 2.45) is 5.41 Å². The first-order valence-electron chi connectivity index (χ1n) is 10.9. The molecule has 32 heavy (non-hydrogen) atoms. The predicted octanol–water partition coefficient (Wildman–Crippen LogP) is 7.12. The molecule has 0 fully saturated rings. The Morgan fingerprint density at radius 3 is 2.41 bits per heavy atom. The Bertz CT molecular complexity index is 1020. The van der Waals surface area contributed by atoms with E-state index in [1.807, 2.05) is 19.1 Å². The van der Waals surface area contributed by atoms with E-state index < -0.39 is 10.9 Å². The van der Waals surface area contributed by atoms with Crippen LogP contribution in [-0.2, 0) is 11.2 Å². The van der Waals surface area contributed by atoms with Crippen molar-refractivity contribution < 1.29 is 14.8 Å². The van der Waals surface area contributed by atoms with E-state index in [2.05, 4.69) is 32.9 Å². The number of nitro groups is 1. The Morgan fingerprint density at radius 1 is 1.19 bits per heavy atom. The van der Waals surface area contributed by atoms with Crippen LogP contribution in [0, 0.1) is 15.5 Å². The van der Waals surface area contributed by atoms with Crippen LogP contribution in [0.4, 0.5) is 5.69 Å². The first kappa shape index (κ1) is 25.1. The van der Waals surface area contributed by atoms with Crippen LogP contribution in [0.3, 0.4) is 0 Å². The minimum atomic E-state index is -0.993. The summed E-state index contributed by atoms with van der Waals surface area (Å²) in [4.78, 5) is 22.1. The largest absolute Gasteiger partial charge is 0.478 e. The molecule has 0 atom stereocenters. The maximum absolute atomic E-state index is 11.8. The molecule has 1 aliphatic carbocycles. The number of non-ortho nitro benzene ring substituents is 1. The lowest BCUT2D eigenvalue weighted by atomic mass is 9.72. The highest BCUT2D eigenvalue weighted by Gasteiger charge is 2.26. The normalized spacial score (nSPS) is 17.7. The molecule has 0 radical (unpaired) electrons. The summed E-state index contributed by atoms with van der Waals surface area (Å²) in [7, 11) is 0. The average molecular weight is 436 g/mol. The zero-order valence-electron chi connectivity index (χ0n) is 19.6. The maximum atomic E-state index is 11.8. The lowest BCUT2D eigenvalue weighted by Crippen LogP contribution is -2.19. The van der Waals surface area contributed by atoms with Gasteiger partial charge in [-0.3, -0.25) is 10.1 Å². The van der Waals surface area contributed by atoms with Crippen LogP contribution in [0.2, 0.25) is 0 Å². The predicted molar refractivity (Wildman–Crippen MR) is 130 cm³/mol. The molecule has 0 saturated carbocycles. The molecular formula is C27H33NO4. The number of hydrogen-bond donors (Lipinski definition) is 1. The van der Waals surface area contributed by atoms with Gasteiger partial charge in [0.05, 0.1) is 4.92 Å². The second-order valence-corrected chi connectivity index (χ2v) is 9.10. The molecular weight excluding hydrogens is 402 g/mol. The number of nitrogens with zero attached hydrogens (tertiary/aromatic N) is 1. The lowest BCUT2D eigenvalue weighted by Gasteiger charge is -2.32. The number of aliphatic carboxylic acids is 1. The fraction of sp³-hybridized carbons (Fsp3) is 0.370. The molecule has 1 aliphatic rings. The molecule has 0 bridgehead atoms. The van der Waals surface area contributed by atoms with Gasteiger partial charge in [-0.15, -0.1) is 0 Å². The van der Waals surface area contributed by atoms with E-state index in [1.54, 1.807) is 25.1 Å². The van der Waals surface area contributed by atoms with Gasteiger partial charge >= 0.3 is 5.97 Å². The molecule has 0 aromatic heterocycles. The van der Waals surface area contributed by atoms with Gasteiger partial charge in [0.2, 0.25) is 0 Å². The van der Waals surface area contributed by atoms with E-state index in [1.165, 1.54) is 36.1 Å². The van der Waals surface area contributed by atoms with Crippen LogP contribution in [0.15, 0.2) is 82.5 Å². The summed E-state index contributed by atoms with van der Waals surface area (Å²) in [5.74, 6) is -0.993. The van der Waals surface area contributed by atoms with Crippen molar-refractivity contribution in [3.8, 4) is 0 Å². The zero-order chi connectivity index (χ0) is 23.9. The molecule has 5 nitrogen and oxygen atoms in total. The highest BCUT2D eigenvalue weighted by Crippen LogP contribution is 2.40. The first-order chi connectivity index (χ1) is 15.0. The summed E-state index contributed by atoms with van der Waals surface area (Å²) in [5.41, 5.74) is 5.77. The number of allylic oxidation sites excluding steroid dienone is 9. The summed E-state index contributed by atoms with van der Waals surface area (Å²) in [6.45, 7) is 10.6. The quantitative estimate of drug-likeness (QED) is 0.204. The van der Waals surface area contributed by atoms with Crippen LogP contribution in [0.25, 0.3) is 0 Å². The number of carboxylic acids is 1. The fourth-order valence-corrected chi connectivity index (χ4v) is 4.05. The third-order valence-corrected chi connectivity index (χ3v) is 6.02. The summed E-state index contributed by atoms with van der Waals surface area (Å²) in [6.07, 6.45) is 13.8. The van der Waals surface area contributed by atoms with E-state index in [0.717, 1.165) is 12.0 Å². The molecule has 0 heterocycles. The monoisotopic (exact) mass is 435 g/mol. The van der Waals surface area contributed by atoms with Gasteiger partial charge in [-0.2, -0.15) is 0 Å². The van der Waals surface area contributed by atoms with Gasteiger partial charge in [-0.25, -0.2) is 4.79 Å². The Labute approximate surface area is 190 Å². The van der Waals surface area contributed by atoms with Gasteiger partial charge in [0.15, 0.2) is 0 Å². The Hall–Kier alpha value is -3.21. The number of hydrogen-bond acceptors (Lipinski definition) is 3. The molecule has 0 aliphatic heterocycles. The van der Waals surface area contributed by atoms with Crippen LogP contribution >= 0.6 is 0 Å². The van der Waals surface area contributed by atoms with Crippen LogP contribution in [0.5, 0.6) is 0 Å². The summed E-state index contributed by atoms with van der Waals surface area (Å²) >= 11 is 0. The number of carboxylic acid groups (broad SMARTS) is 1. The number of nitro benzene ring substituents is 1. The Balaban J connectivity index is 2.15. The first-order valence-corrected chi connectivity index (χ1v) is 10.9. The van der Waals surface area contributed by atoms with E-state index in [9.17, 15) is 20.0 Å². The minimum absolute atomic E-state index is 0.0116. The fourth-order valence-electron chi connectivity index (χ4n) is 4.05. The minimum Gasteiger partial charge on any atom is -0.478 e. The van der Waals surface area contributed by atoms with E-state index in [0.29, 0.717) is 11.1 Å². The summed E-state index contributed by atoms with van der Waals surface area (Å²) in [5, 5.41) is 20.4. The standard InChI is InChI=1S/C27H33NO4/c1-19(11-16-25-21(3)10-7-17-27(25,4)5)8-6-9-20(2)24(26(29)30)18-22-12-14-23(15-13-22)28(31)32/h6,8-9,11-16H,7,10,17-18H2,1-5H3,(H,29,30)/b9-6+,16-11+,19-8+,24-20+. The highest BCUT2D eigenvalue weighted by molar-refractivity contribution is 5.88. The molecule has 0 spiro atoms. The van der Waals surface area contributed by atoms with Gasteiger partial charge in [0, 0.05) is 24.1 Å². The molecule has 170 valence electrons. The molecule has 5 heteroatoms. The Morgan fingerprint density at radius 2 is 1.84 bits per heavy atom. The topological polar surface area (TPSA) is 80.4 Å². The van der Waals surface area contributed by atoms with E-state index in [-0.39, 0.29) is 23.1 Å². The van der Waals surface area contributed by atoms with E-state index in [4.69, 9.17) is 0 Å². The number of carbonyl (C=O) groups is 1. The lowest BCUT2D eigenvalue weighted by molar-refractivity contribution is -0.384. The van der Waals surface area contributed by atoms with Gasteiger partial charge in [-0.1, -0.05) is 67.5 Å². The van der Waals surface area contributed by atoms with Crippen molar-refractivity contribution in [1.82, 2.24) is 0 Å². The number of benzene rings is 1. The molecule has 1 aromatic rings. The van der Waals surface area contributed by atoms with Crippen LogP contribution < -0.4 is 0 Å². The third-order valence-electron chi connectivity index (χ3n) is 6.02. The molecule has 1 N–H and O–H groups in total. The van der Waals surface area contributed by atoms with Crippen molar-refractivity contribution in [1.29, 1.82) is 0 Å². The van der Waals surface area contributed by atoms with E-state index >= 15 is 0 Å². The van der Waals surface area contributed by atoms with Crippen molar-refractivity contribution in [2.75, 3.05) is 0 Å². The smallest absolute Gasteiger partial charge is 0.332 e. The SMILES string of the molecule is CC1=C(/C=C/C(C)=C/C=C/C(C)=C(\Cc2ccc([N+](=O)[O-])cc2)C(=O)O)C(C)(C)CCC1. The second-order valence-electron chi connectivity index (χ2n) is 9.10. The molecule has 2 rings (SSSR count). The molecule has 1 aromatic carbocycles. The van der Waals surface area contributed by atoms with Gasteiger partial charge in [0.25, 0.3) is 5.69 Å². The van der Waals surface area contributed by atoms with Gasteiger partial charge in [-0.05, 0) is 62.2 Å². The maximum Gasteiger partial charge on any atom is 0.332 e. The van der Waals surface area contributed by atoms with Gasteiger partial charge < -0.3 is 5.11 Å². The zero-order valence-corrected chi connectivity index (χ0v) is 19.6. The second kappa shape index (κ2) is 10.9. The summed E-state index contributed by atoms with van der Waals surface area (Å²) in [6, 6.07) is 5.97. The molecule has 0 unspecified atom stereocenters. The molecule has 0 saturated heterocycles. The van der Waals surface area contributed by atoms with Crippen molar-refractivity contribution >= 4 is 11.7 Å². The molecule has 0 amide bonds. The number of rotatable bonds is 8. The average Bonchev–Trinajstić information content (AvgIpc) is 2.71. The van der Waals surface area contributed by atoms with Crippen molar-refractivity contribution in [2.45, 2.75) is 60.3 Å². The van der Waals surface area contributed by atoms with Crippen LogP contribution in [-0.4, -0.2) is 16.0 Å². The Kier molecular flexibility index (Phi) is 8.53. The van der Waals surface area contributed by atoms with Crippen molar-refractivity contribution in [3.05, 3.63) is 98.2 Å². The van der Waals surface area contributed by atoms with Gasteiger partial charge in [0.1, 0.15) is 0 Å². The van der Waals surface area contributed by atoms with Crippen LogP contribution in [0.1, 0.15) is 59.4 Å².